The molecule has 1 fully saturated rings. The third-order valence-corrected chi connectivity index (χ3v) is 6.93. The van der Waals surface area contributed by atoms with Crippen molar-refractivity contribution < 1.29 is 24.1 Å². The van der Waals surface area contributed by atoms with Gasteiger partial charge >= 0.3 is 18.8 Å². The van der Waals surface area contributed by atoms with Gasteiger partial charge in [0, 0.05) is 5.92 Å². The topological polar surface area (TPSA) is 98.7 Å². The molecule has 0 spiro atoms. The summed E-state index contributed by atoms with van der Waals surface area (Å²) in [4.78, 5) is 22.0. The van der Waals surface area contributed by atoms with Crippen molar-refractivity contribution in [3.63, 3.8) is 0 Å². The van der Waals surface area contributed by atoms with E-state index in [1.54, 1.807) is 20.8 Å². The zero-order valence-electron chi connectivity index (χ0n) is 13.9. The number of thiol groups is 2. The van der Waals surface area contributed by atoms with Crippen molar-refractivity contribution in [2.75, 3.05) is 0 Å². The van der Waals surface area contributed by atoms with Crippen LogP contribution in [0.15, 0.2) is 0 Å². The largest absolute Gasteiger partial charge is 0.592 e. The molecule has 0 radical (unpaired) electrons. The molecule has 5 unspecified atom stereocenters. The zero-order chi connectivity index (χ0) is 18.1. The highest BCUT2D eigenvalue weighted by Gasteiger charge is 2.62. The Hall–Kier alpha value is -0.0100. The number of hydrogen-bond acceptors (Lipinski definition) is 7. The van der Waals surface area contributed by atoms with Gasteiger partial charge in [-0.15, -0.1) is 12.6 Å². The van der Waals surface area contributed by atoms with Crippen LogP contribution in [0.1, 0.15) is 53.4 Å². The predicted octanol–water partition coefficient (Wildman–Crippen LogP) is 2.64. The van der Waals surface area contributed by atoms with Crippen molar-refractivity contribution in [2.45, 2.75) is 68.5 Å². The van der Waals surface area contributed by atoms with Crippen LogP contribution in [-0.4, -0.2) is 26.3 Å². The summed E-state index contributed by atoms with van der Waals surface area (Å²) in [5.41, 5.74) is -0.759. The summed E-state index contributed by atoms with van der Waals surface area (Å²) in [6, 6.07) is 0. The zero-order valence-corrected chi connectivity index (χ0v) is 16.6. The van der Waals surface area contributed by atoms with Gasteiger partial charge in [0.1, 0.15) is 5.60 Å². The lowest BCUT2D eigenvalue weighted by Gasteiger charge is -2.45. The Balaban J connectivity index is 3.16. The maximum atomic E-state index is 12.2. The summed E-state index contributed by atoms with van der Waals surface area (Å²) in [5, 5.41) is 12.9. The van der Waals surface area contributed by atoms with E-state index >= 15 is 0 Å². The van der Waals surface area contributed by atoms with E-state index in [2.05, 4.69) is 30.6 Å². The second-order valence-electron chi connectivity index (χ2n) is 7.15. The number of ether oxygens (including phenoxy) is 1. The van der Waals surface area contributed by atoms with Gasteiger partial charge in [0.25, 0.3) is 0 Å². The number of alkyl carbamates (subject to hydrolysis) is 1. The van der Waals surface area contributed by atoms with Crippen molar-refractivity contribution >= 4 is 39.4 Å². The minimum absolute atomic E-state index is 0.0739. The normalized spacial score (nSPS) is 28.3. The Morgan fingerprint density at radius 3 is 2.26 bits per heavy atom. The first-order valence-corrected chi connectivity index (χ1v) is 9.71. The summed E-state index contributed by atoms with van der Waals surface area (Å²) in [6.45, 7) is 7.03. The van der Waals surface area contributed by atoms with Crippen LogP contribution in [0.3, 0.4) is 0 Å². The van der Waals surface area contributed by atoms with Gasteiger partial charge in [0.2, 0.25) is 0 Å². The van der Waals surface area contributed by atoms with Gasteiger partial charge in [-0.25, -0.2) is 4.79 Å². The molecule has 5 atom stereocenters. The highest BCUT2D eigenvalue weighted by Crippen LogP contribution is 2.53. The monoisotopic (exact) mass is 383 g/mol. The van der Waals surface area contributed by atoms with Crippen LogP contribution >= 0.6 is 33.3 Å². The summed E-state index contributed by atoms with van der Waals surface area (Å²) in [7, 11) is -3.37. The number of amides is 1. The van der Waals surface area contributed by atoms with Gasteiger partial charge < -0.3 is 14.7 Å². The Morgan fingerprint density at radius 2 is 1.83 bits per heavy atom. The average molecular weight is 383 g/mol. The SMILES string of the molecule is CC1CCCCC1C(S)(NC(=O)OC(C)(C)C)C(O)(S)[P+](=O)[O-]. The van der Waals surface area contributed by atoms with E-state index in [1.165, 1.54) is 0 Å². The van der Waals surface area contributed by atoms with Crippen LogP contribution in [0.25, 0.3) is 0 Å². The first kappa shape index (κ1) is 21.0. The molecule has 1 aliphatic rings. The first-order valence-electron chi connectivity index (χ1n) is 7.64. The molecule has 0 aromatic carbocycles. The first-order chi connectivity index (χ1) is 10.3. The Labute approximate surface area is 149 Å². The lowest BCUT2D eigenvalue weighted by Crippen LogP contribution is -2.63. The molecule has 2 N–H and O–H groups in total. The van der Waals surface area contributed by atoms with Gasteiger partial charge in [-0.1, -0.05) is 43.4 Å². The lowest BCUT2D eigenvalue weighted by atomic mass is 9.75. The molecule has 1 amide bonds. The average Bonchev–Trinajstić information content (AvgIpc) is 2.36. The summed E-state index contributed by atoms with van der Waals surface area (Å²) >= 11 is 8.32. The van der Waals surface area contributed by atoms with Gasteiger partial charge in [-0.2, -0.15) is 0 Å². The van der Waals surface area contributed by atoms with Gasteiger partial charge in [-0.3, -0.25) is 5.32 Å². The molecule has 0 aliphatic heterocycles. The van der Waals surface area contributed by atoms with E-state index in [0.29, 0.717) is 6.42 Å². The van der Waals surface area contributed by atoms with E-state index in [1.807, 2.05) is 6.92 Å². The third kappa shape index (κ3) is 4.98. The summed E-state index contributed by atoms with van der Waals surface area (Å²) in [6.07, 6.45) is 2.54. The molecule has 1 aliphatic carbocycles. The maximum Gasteiger partial charge on any atom is 0.409 e. The van der Waals surface area contributed by atoms with Crippen LogP contribution in [0.5, 0.6) is 0 Å². The van der Waals surface area contributed by atoms with Crippen LogP contribution < -0.4 is 10.2 Å². The Morgan fingerprint density at radius 1 is 1.30 bits per heavy atom. The minimum atomic E-state index is -3.37. The number of nitrogens with one attached hydrogen (secondary N) is 1. The fourth-order valence-corrected chi connectivity index (χ4v) is 4.40. The second-order valence-corrected chi connectivity index (χ2v) is 10.0. The van der Waals surface area contributed by atoms with E-state index in [9.17, 15) is 19.4 Å². The molecule has 23 heavy (non-hydrogen) atoms. The molecule has 134 valence electrons. The van der Waals surface area contributed by atoms with E-state index in [4.69, 9.17) is 4.74 Å². The van der Waals surface area contributed by atoms with E-state index < -0.39 is 29.3 Å². The molecule has 9 heteroatoms. The smallest absolute Gasteiger partial charge is 0.409 e. The van der Waals surface area contributed by atoms with E-state index in [0.717, 1.165) is 19.3 Å². The number of aliphatic hydroxyl groups is 1. The number of hydrogen-bond donors (Lipinski definition) is 4. The molecule has 0 heterocycles. The van der Waals surface area contributed by atoms with Crippen LogP contribution in [0.4, 0.5) is 4.79 Å². The van der Waals surface area contributed by atoms with Crippen LogP contribution in [0, 0.1) is 11.8 Å². The van der Waals surface area contributed by atoms with E-state index in [-0.39, 0.29) is 11.8 Å². The van der Waals surface area contributed by atoms with Gasteiger partial charge in [-0.05, 0) is 33.1 Å². The fraction of sp³-hybridized carbons (Fsp3) is 0.929. The lowest BCUT2D eigenvalue weighted by molar-refractivity contribution is -0.176. The van der Waals surface area contributed by atoms with Crippen LogP contribution in [-0.2, 0) is 9.30 Å². The molecule has 0 saturated heterocycles. The van der Waals surface area contributed by atoms with Crippen molar-refractivity contribution in [2.24, 2.45) is 11.8 Å². The van der Waals surface area contributed by atoms with Crippen molar-refractivity contribution in [1.82, 2.24) is 5.32 Å². The molecule has 1 saturated carbocycles. The van der Waals surface area contributed by atoms with Crippen molar-refractivity contribution in [3.8, 4) is 0 Å². The number of carbonyl (C=O) groups excluding carboxylic acids is 1. The molecule has 0 aromatic rings. The Bertz CT molecular complexity index is 469. The Kier molecular flexibility index (Phi) is 6.84. The molecule has 0 aromatic heterocycles. The second kappa shape index (κ2) is 7.48. The standard InChI is InChI=1S/C14H26NO5PS2/c1-9-7-5-6-8-10(9)13(22,14(17,23)21(18)19)15-11(16)20-12(2,3)4/h9-10,17,22-23H,5-8H2,1-4H3,(H,15,16). The molecular weight excluding hydrogens is 357 g/mol. The van der Waals surface area contributed by atoms with Gasteiger partial charge in [0.05, 0.1) is 0 Å². The van der Waals surface area contributed by atoms with Crippen molar-refractivity contribution in [3.05, 3.63) is 0 Å². The number of rotatable bonds is 4. The molecule has 6 nitrogen and oxygen atoms in total. The third-order valence-electron chi connectivity index (χ3n) is 4.11. The summed E-state index contributed by atoms with van der Waals surface area (Å²) in [5.74, 6) is -0.285. The summed E-state index contributed by atoms with van der Waals surface area (Å²) < 4.78 is 14.2. The predicted molar refractivity (Wildman–Crippen MR) is 93.8 cm³/mol. The number of carbonyl (C=O) groups is 1. The quantitative estimate of drug-likeness (QED) is 0.340. The highest BCUT2D eigenvalue weighted by atomic mass is 32.1. The van der Waals surface area contributed by atoms with Crippen LogP contribution in [0.2, 0.25) is 0 Å². The maximum absolute atomic E-state index is 12.2. The van der Waals surface area contributed by atoms with Crippen molar-refractivity contribution in [1.29, 1.82) is 0 Å². The minimum Gasteiger partial charge on any atom is -0.592 e. The fourth-order valence-electron chi connectivity index (χ4n) is 2.96. The molecule has 1 rings (SSSR count). The van der Waals surface area contributed by atoms with Gasteiger partial charge in [0.15, 0.2) is 4.87 Å². The molecular formula is C14H26NO5PS2. The highest BCUT2D eigenvalue weighted by molar-refractivity contribution is 7.91. The molecule has 0 bridgehead atoms.